The van der Waals surface area contributed by atoms with E-state index in [0.29, 0.717) is 11.1 Å². The van der Waals surface area contributed by atoms with Gasteiger partial charge in [-0.05, 0) is 25.5 Å². The van der Waals surface area contributed by atoms with Gasteiger partial charge in [0.05, 0.1) is 5.52 Å². The van der Waals surface area contributed by atoms with E-state index in [1.165, 1.54) is 4.57 Å². The fourth-order valence-electron chi connectivity index (χ4n) is 2.13. The minimum absolute atomic E-state index is 0.0100. The first-order valence-corrected chi connectivity index (χ1v) is 6.49. The molecule has 1 atom stereocenters. The molecule has 5 nitrogen and oxygen atoms in total. The van der Waals surface area contributed by atoms with Crippen LogP contribution in [0.15, 0.2) is 33.5 Å². The van der Waals surface area contributed by atoms with Gasteiger partial charge in [0.15, 0.2) is 5.58 Å². The number of aromatic nitrogens is 1. The van der Waals surface area contributed by atoms with E-state index < -0.39 is 5.76 Å². The van der Waals surface area contributed by atoms with Crippen molar-refractivity contribution >= 4 is 17.0 Å². The standard InChI is InChI=1S/C14H18N2O3/c1-3-6-10(2)15-13(17)9-16-11-7-4-5-8-12(11)19-14(16)18/h4-5,7-8,10H,3,6,9H2,1-2H3,(H,15,17)/t10-/m1/s1. The van der Waals surface area contributed by atoms with Gasteiger partial charge in [-0.3, -0.25) is 9.36 Å². The Morgan fingerprint density at radius 2 is 2.16 bits per heavy atom. The molecular weight excluding hydrogens is 244 g/mol. The van der Waals surface area contributed by atoms with Gasteiger partial charge in [0.25, 0.3) is 0 Å². The van der Waals surface area contributed by atoms with Crippen LogP contribution in [0, 0.1) is 0 Å². The Bertz CT molecular complexity index is 627. The molecular formula is C14H18N2O3. The largest absolute Gasteiger partial charge is 0.420 e. The highest BCUT2D eigenvalue weighted by Crippen LogP contribution is 2.11. The number of fused-ring (bicyclic) bond motifs is 1. The Hall–Kier alpha value is -2.04. The number of oxazole rings is 1. The van der Waals surface area contributed by atoms with Crippen molar-refractivity contribution in [1.82, 2.24) is 9.88 Å². The predicted molar refractivity (Wildman–Crippen MR) is 73.0 cm³/mol. The average Bonchev–Trinajstić information content (AvgIpc) is 2.66. The summed E-state index contributed by atoms with van der Waals surface area (Å²) in [4.78, 5) is 23.6. The molecule has 0 aliphatic rings. The molecule has 0 aliphatic carbocycles. The van der Waals surface area contributed by atoms with Crippen LogP contribution in [0.1, 0.15) is 26.7 Å². The van der Waals surface area contributed by atoms with Crippen LogP contribution < -0.4 is 11.1 Å². The molecule has 1 N–H and O–H groups in total. The first kappa shape index (κ1) is 13.4. The molecule has 2 aromatic rings. The lowest BCUT2D eigenvalue weighted by molar-refractivity contribution is -0.122. The van der Waals surface area contributed by atoms with E-state index in [9.17, 15) is 9.59 Å². The minimum Gasteiger partial charge on any atom is -0.408 e. The van der Waals surface area contributed by atoms with Gasteiger partial charge in [-0.1, -0.05) is 25.5 Å². The molecule has 0 radical (unpaired) electrons. The molecule has 1 aromatic heterocycles. The molecule has 0 spiro atoms. The number of amides is 1. The lowest BCUT2D eigenvalue weighted by atomic mass is 10.2. The van der Waals surface area contributed by atoms with Gasteiger partial charge in [0, 0.05) is 6.04 Å². The van der Waals surface area contributed by atoms with Crippen LogP contribution in [0.25, 0.3) is 11.1 Å². The number of nitrogens with one attached hydrogen (secondary N) is 1. The van der Waals surface area contributed by atoms with Crippen LogP contribution in [-0.2, 0) is 11.3 Å². The van der Waals surface area contributed by atoms with Crippen molar-refractivity contribution in [2.75, 3.05) is 0 Å². The number of nitrogens with zero attached hydrogens (tertiary/aromatic N) is 1. The van der Waals surface area contributed by atoms with E-state index >= 15 is 0 Å². The highest BCUT2D eigenvalue weighted by molar-refractivity contribution is 5.79. The number of hydrogen-bond donors (Lipinski definition) is 1. The predicted octanol–water partition coefficient (Wildman–Crippen LogP) is 1.90. The normalized spacial score (nSPS) is 12.5. The summed E-state index contributed by atoms with van der Waals surface area (Å²) in [6, 6.07) is 7.20. The van der Waals surface area contributed by atoms with Crippen molar-refractivity contribution in [2.24, 2.45) is 0 Å². The number of carbonyl (C=O) groups excluding carboxylic acids is 1. The first-order valence-electron chi connectivity index (χ1n) is 6.49. The van der Waals surface area contributed by atoms with Crippen molar-refractivity contribution in [2.45, 2.75) is 39.3 Å². The second-order valence-electron chi connectivity index (χ2n) is 4.68. The summed E-state index contributed by atoms with van der Waals surface area (Å²) in [5, 5.41) is 2.87. The summed E-state index contributed by atoms with van der Waals surface area (Å²) in [6.07, 6.45) is 1.93. The highest BCUT2D eigenvalue weighted by atomic mass is 16.4. The second kappa shape index (κ2) is 5.73. The highest BCUT2D eigenvalue weighted by Gasteiger charge is 2.13. The van der Waals surface area contributed by atoms with Gasteiger partial charge in [-0.15, -0.1) is 0 Å². The van der Waals surface area contributed by atoms with Crippen LogP contribution in [0.2, 0.25) is 0 Å². The van der Waals surface area contributed by atoms with Crippen molar-refractivity contribution in [3.63, 3.8) is 0 Å². The molecule has 0 unspecified atom stereocenters. The van der Waals surface area contributed by atoms with Gasteiger partial charge in [0.1, 0.15) is 6.54 Å². The molecule has 0 saturated heterocycles. The zero-order valence-corrected chi connectivity index (χ0v) is 11.2. The third kappa shape index (κ3) is 3.05. The minimum atomic E-state index is -0.500. The Kier molecular flexibility index (Phi) is 4.04. The SMILES string of the molecule is CCC[C@@H](C)NC(=O)Cn1c(=O)oc2ccccc21. The van der Waals surface area contributed by atoms with Crippen LogP contribution in [0.5, 0.6) is 0 Å². The topological polar surface area (TPSA) is 64.2 Å². The van der Waals surface area contributed by atoms with E-state index in [1.54, 1.807) is 18.2 Å². The van der Waals surface area contributed by atoms with E-state index in [2.05, 4.69) is 12.2 Å². The fraction of sp³-hybridized carbons (Fsp3) is 0.429. The first-order chi connectivity index (χ1) is 9.11. The summed E-state index contributed by atoms with van der Waals surface area (Å²) < 4.78 is 6.43. The average molecular weight is 262 g/mol. The van der Waals surface area contributed by atoms with Gasteiger partial charge >= 0.3 is 5.76 Å². The van der Waals surface area contributed by atoms with Crippen LogP contribution in [0.4, 0.5) is 0 Å². The Morgan fingerprint density at radius 3 is 2.89 bits per heavy atom. The summed E-state index contributed by atoms with van der Waals surface area (Å²) in [5.74, 6) is -0.672. The molecule has 5 heteroatoms. The summed E-state index contributed by atoms with van der Waals surface area (Å²) in [5.41, 5.74) is 1.15. The number of benzene rings is 1. The maximum absolute atomic E-state index is 11.9. The molecule has 0 bridgehead atoms. The number of carbonyl (C=O) groups is 1. The molecule has 0 saturated carbocycles. The third-order valence-corrected chi connectivity index (χ3v) is 3.00. The summed E-state index contributed by atoms with van der Waals surface area (Å²) in [6.45, 7) is 4.01. The zero-order valence-electron chi connectivity index (χ0n) is 11.2. The van der Waals surface area contributed by atoms with Crippen LogP contribution in [-0.4, -0.2) is 16.5 Å². The molecule has 1 heterocycles. The fourth-order valence-corrected chi connectivity index (χ4v) is 2.13. The van der Waals surface area contributed by atoms with E-state index in [4.69, 9.17) is 4.42 Å². The summed E-state index contributed by atoms with van der Waals surface area (Å²) in [7, 11) is 0. The molecule has 0 fully saturated rings. The monoisotopic (exact) mass is 262 g/mol. The number of rotatable bonds is 5. The maximum atomic E-state index is 11.9. The van der Waals surface area contributed by atoms with Crippen molar-refractivity contribution in [3.05, 3.63) is 34.8 Å². The van der Waals surface area contributed by atoms with Crippen LogP contribution in [0.3, 0.4) is 0 Å². The molecule has 19 heavy (non-hydrogen) atoms. The molecule has 102 valence electrons. The lowest BCUT2D eigenvalue weighted by Gasteiger charge is -2.12. The van der Waals surface area contributed by atoms with E-state index in [0.717, 1.165) is 12.8 Å². The zero-order chi connectivity index (χ0) is 13.8. The molecule has 0 aliphatic heterocycles. The van der Waals surface area contributed by atoms with Gasteiger partial charge in [-0.2, -0.15) is 0 Å². The van der Waals surface area contributed by atoms with Gasteiger partial charge in [0.2, 0.25) is 5.91 Å². The second-order valence-corrected chi connectivity index (χ2v) is 4.68. The van der Waals surface area contributed by atoms with Gasteiger partial charge < -0.3 is 9.73 Å². The van der Waals surface area contributed by atoms with Crippen molar-refractivity contribution < 1.29 is 9.21 Å². The van der Waals surface area contributed by atoms with Crippen molar-refractivity contribution in [1.29, 1.82) is 0 Å². The summed E-state index contributed by atoms with van der Waals surface area (Å²) >= 11 is 0. The molecule has 2 rings (SSSR count). The Labute approximate surface area is 111 Å². The van der Waals surface area contributed by atoms with Crippen LogP contribution >= 0.6 is 0 Å². The van der Waals surface area contributed by atoms with E-state index in [-0.39, 0.29) is 18.5 Å². The Balaban J connectivity index is 2.15. The van der Waals surface area contributed by atoms with Crippen molar-refractivity contribution in [3.8, 4) is 0 Å². The smallest absolute Gasteiger partial charge is 0.408 e. The number of para-hydroxylation sites is 2. The third-order valence-electron chi connectivity index (χ3n) is 3.00. The quantitative estimate of drug-likeness (QED) is 0.895. The Morgan fingerprint density at radius 1 is 1.42 bits per heavy atom. The number of hydrogen-bond acceptors (Lipinski definition) is 3. The maximum Gasteiger partial charge on any atom is 0.420 e. The molecule has 1 amide bonds. The lowest BCUT2D eigenvalue weighted by Crippen LogP contribution is -2.36. The molecule has 1 aromatic carbocycles. The van der Waals surface area contributed by atoms with E-state index in [1.807, 2.05) is 13.0 Å². The van der Waals surface area contributed by atoms with Gasteiger partial charge in [-0.25, -0.2) is 4.79 Å².